The van der Waals surface area contributed by atoms with Gasteiger partial charge >= 0.3 is 6.18 Å². The number of allylic oxidation sites excluding steroid dienone is 3. The van der Waals surface area contributed by atoms with Gasteiger partial charge in [-0.2, -0.15) is 18.3 Å². The second-order valence-electron chi connectivity index (χ2n) is 6.39. The van der Waals surface area contributed by atoms with Gasteiger partial charge in [0.05, 0.1) is 17.5 Å². The number of alkyl halides is 3. The van der Waals surface area contributed by atoms with Crippen molar-refractivity contribution in [2.75, 3.05) is 13.1 Å². The molecule has 3 N–H and O–H groups in total. The van der Waals surface area contributed by atoms with E-state index in [0.29, 0.717) is 18.7 Å². The SMILES string of the molecule is CC1=C(/C=C(\C=N)c2cn[nH]c2)N(Cc2cc(Cl)ccc2C(F)(F)F)CCN1. The normalized spacial score (nSPS) is 15.6. The maximum absolute atomic E-state index is 13.4. The van der Waals surface area contributed by atoms with Crippen LogP contribution in [0, 0.1) is 5.41 Å². The Balaban J connectivity index is 1.99. The van der Waals surface area contributed by atoms with Crippen LogP contribution in [-0.4, -0.2) is 34.4 Å². The summed E-state index contributed by atoms with van der Waals surface area (Å²) in [6.45, 7) is 3.04. The van der Waals surface area contributed by atoms with E-state index in [4.69, 9.17) is 17.0 Å². The third-order valence-electron chi connectivity index (χ3n) is 4.51. The van der Waals surface area contributed by atoms with Gasteiger partial charge in [0.1, 0.15) is 0 Å². The van der Waals surface area contributed by atoms with E-state index < -0.39 is 11.7 Å². The van der Waals surface area contributed by atoms with Crippen molar-refractivity contribution in [3.63, 3.8) is 0 Å². The quantitative estimate of drug-likeness (QED) is 0.639. The summed E-state index contributed by atoms with van der Waals surface area (Å²) in [7, 11) is 0. The molecular formula is C19H19ClF3N5. The van der Waals surface area contributed by atoms with E-state index in [9.17, 15) is 13.2 Å². The number of halogens is 4. The van der Waals surface area contributed by atoms with Crippen LogP contribution in [0.2, 0.25) is 5.02 Å². The lowest BCUT2D eigenvalue weighted by Crippen LogP contribution is -2.38. The Morgan fingerprint density at radius 2 is 2.18 bits per heavy atom. The molecule has 0 fully saturated rings. The first-order valence-electron chi connectivity index (χ1n) is 8.56. The lowest BCUT2D eigenvalue weighted by atomic mass is 10.0. The number of aromatic amines is 1. The maximum Gasteiger partial charge on any atom is 0.416 e. The Hall–Kier alpha value is -2.74. The minimum atomic E-state index is -4.46. The smallest absolute Gasteiger partial charge is 0.385 e. The van der Waals surface area contributed by atoms with Gasteiger partial charge in [-0.05, 0) is 36.8 Å². The van der Waals surface area contributed by atoms with Crippen molar-refractivity contribution in [2.45, 2.75) is 19.6 Å². The predicted octanol–water partition coefficient (Wildman–Crippen LogP) is 4.45. The molecular weight excluding hydrogens is 391 g/mol. The van der Waals surface area contributed by atoms with Gasteiger partial charge < -0.3 is 15.6 Å². The zero-order valence-corrected chi connectivity index (χ0v) is 15.8. The van der Waals surface area contributed by atoms with Gasteiger partial charge in [0.15, 0.2) is 0 Å². The predicted molar refractivity (Wildman–Crippen MR) is 103 cm³/mol. The fourth-order valence-corrected chi connectivity index (χ4v) is 3.32. The van der Waals surface area contributed by atoms with Gasteiger partial charge in [-0.25, -0.2) is 0 Å². The molecule has 148 valence electrons. The Morgan fingerprint density at radius 1 is 1.39 bits per heavy atom. The second-order valence-corrected chi connectivity index (χ2v) is 6.83. The Bertz CT molecular complexity index is 916. The van der Waals surface area contributed by atoms with E-state index in [0.717, 1.165) is 23.0 Å². The van der Waals surface area contributed by atoms with Gasteiger partial charge in [-0.3, -0.25) is 5.10 Å². The largest absolute Gasteiger partial charge is 0.416 e. The molecule has 0 bridgehead atoms. The summed E-state index contributed by atoms with van der Waals surface area (Å²) in [4.78, 5) is 1.86. The molecule has 0 saturated heterocycles. The molecule has 1 aliphatic rings. The standard InChI is InChI=1S/C19H19ClF3N5/c1-12-18(7-13(8-24)15-9-26-27-10-15)28(5-4-25-12)11-14-6-16(20)2-3-17(14)19(21,22)23/h2-3,6-10,24-25H,4-5,11H2,1H3,(H,26,27)/b13-7+,24-8?. The van der Waals surface area contributed by atoms with Gasteiger partial charge in [-0.15, -0.1) is 0 Å². The highest BCUT2D eigenvalue weighted by Crippen LogP contribution is 2.35. The van der Waals surface area contributed by atoms with Crippen molar-refractivity contribution in [3.05, 3.63) is 69.8 Å². The van der Waals surface area contributed by atoms with E-state index in [1.165, 1.54) is 18.3 Å². The highest BCUT2D eigenvalue weighted by molar-refractivity contribution is 6.30. The molecule has 0 saturated carbocycles. The number of hydrogen-bond acceptors (Lipinski definition) is 4. The fraction of sp³-hybridized carbons (Fsp3) is 0.263. The summed E-state index contributed by atoms with van der Waals surface area (Å²) in [6, 6.07) is 3.62. The van der Waals surface area contributed by atoms with Crippen LogP contribution in [-0.2, 0) is 12.7 Å². The summed E-state index contributed by atoms with van der Waals surface area (Å²) in [5, 5.41) is 17.8. The van der Waals surface area contributed by atoms with Gasteiger partial charge in [0.2, 0.25) is 0 Å². The zero-order valence-electron chi connectivity index (χ0n) is 15.1. The molecule has 28 heavy (non-hydrogen) atoms. The number of H-pyrrole nitrogens is 1. The third kappa shape index (κ3) is 4.39. The number of nitrogens with one attached hydrogen (secondary N) is 3. The molecule has 0 spiro atoms. The molecule has 1 aromatic heterocycles. The molecule has 1 aliphatic heterocycles. The van der Waals surface area contributed by atoms with E-state index in [1.54, 1.807) is 18.5 Å². The summed E-state index contributed by atoms with van der Waals surface area (Å²) < 4.78 is 40.3. The van der Waals surface area contributed by atoms with E-state index >= 15 is 0 Å². The lowest BCUT2D eigenvalue weighted by Gasteiger charge is -2.33. The number of benzene rings is 1. The minimum Gasteiger partial charge on any atom is -0.385 e. The molecule has 0 amide bonds. The van der Waals surface area contributed by atoms with Crippen LogP contribution in [0.3, 0.4) is 0 Å². The molecule has 2 aromatic rings. The van der Waals surface area contributed by atoms with Crippen LogP contribution in [0.5, 0.6) is 0 Å². The number of hydrogen-bond donors (Lipinski definition) is 3. The molecule has 9 heteroatoms. The third-order valence-corrected chi connectivity index (χ3v) is 4.75. The van der Waals surface area contributed by atoms with Crippen LogP contribution in [0.1, 0.15) is 23.6 Å². The second kappa shape index (κ2) is 8.10. The summed E-state index contributed by atoms with van der Waals surface area (Å²) >= 11 is 5.96. The summed E-state index contributed by atoms with van der Waals surface area (Å²) in [5.41, 5.74) is 2.28. The molecule has 5 nitrogen and oxygen atoms in total. The van der Waals surface area contributed by atoms with Crippen molar-refractivity contribution in [1.82, 2.24) is 20.4 Å². The van der Waals surface area contributed by atoms with Crippen LogP contribution in [0.4, 0.5) is 13.2 Å². The van der Waals surface area contributed by atoms with Crippen molar-refractivity contribution in [3.8, 4) is 0 Å². The molecule has 0 aliphatic carbocycles. The van der Waals surface area contributed by atoms with Gasteiger partial charge in [-0.1, -0.05) is 11.6 Å². The topological polar surface area (TPSA) is 67.8 Å². The highest BCUT2D eigenvalue weighted by atomic mass is 35.5. The molecule has 3 rings (SSSR count). The fourth-order valence-electron chi connectivity index (χ4n) is 3.13. The molecule has 0 radical (unpaired) electrons. The molecule has 0 atom stereocenters. The first kappa shape index (κ1) is 20.0. The van der Waals surface area contributed by atoms with Gasteiger partial charge in [0, 0.05) is 53.9 Å². The Morgan fingerprint density at radius 3 is 2.82 bits per heavy atom. The Kier molecular flexibility index (Phi) is 5.79. The maximum atomic E-state index is 13.4. The summed E-state index contributed by atoms with van der Waals surface area (Å²) in [6.07, 6.45) is 1.76. The van der Waals surface area contributed by atoms with Crippen molar-refractivity contribution in [2.24, 2.45) is 0 Å². The first-order valence-corrected chi connectivity index (χ1v) is 8.94. The average molecular weight is 410 g/mol. The number of aromatic nitrogens is 2. The van der Waals surface area contributed by atoms with E-state index in [2.05, 4.69) is 15.5 Å². The van der Waals surface area contributed by atoms with E-state index in [1.807, 2.05) is 11.8 Å². The Labute approximate surface area is 165 Å². The summed E-state index contributed by atoms with van der Waals surface area (Å²) in [5.74, 6) is 0. The molecule has 0 unspecified atom stereocenters. The minimum absolute atomic E-state index is 0.0525. The van der Waals surface area contributed by atoms with Crippen molar-refractivity contribution in [1.29, 1.82) is 5.41 Å². The zero-order chi connectivity index (χ0) is 20.3. The average Bonchev–Trinajstić information content (AvgIpc) is 3.15. The first-order chi connectivity index (χ1) is 13.3. The van der Waals surface area contributed by atoms with Crippen molar-refractivity contribution < 1.29 is 13.2 Å². The number of nitrogens with zero attached hydrogens (tertiary/aromatic N) is 2. The molecule has 2 heterocycles. The van der Waals surface area contributed by atoms with Crippen molar-refractivity contribution >= 4 is 23.4 Å². The monoisotopic (exact) mass is 409 g/mol. The van der Waals surface area contributed by atoms with Crippen LogP contribution < -0.4 is 5.32 Å². The van der Waals surface area contributed by atoms with Crippen LogP contribution >= 0.6 is 11.6 Å². The lowest BCUT2D eigenvalue weighted by molar-refractivity contribution is -0.138. The van der Waals surface area contributed by atoms with Crippen LogP contribution in [0.15, 0.2) is 48.1 Å². The van der Waals surface area contributed by atoms with Gasteiger partial charge in [0.25, 0.3) is 0 Å². The number of rotatable bonds is 5. The highest BCUT2D eigenvalue weighted by Gasteiger charge is 2.34. The molecule has 1 aromatic carbocycles. The van der Waals surface area contributed by atoms with E-state index in [-0.39, 0.29) is 17.1 Å². The van der Waals surface area contributed by atoms with Crippen LogP contribution in [0.25, 0.3) is 5.57 Å².